The maximum atomic E-state index is 12.8. The molecule has 2 rings (SSSR count). The minimum Gasteiger partial charge on any atom is -0.458 e. The summed E-state index contributed by atoms with van der Waals surface area (Å²) in [6.45, 7) is 16.6. The van der Waals surface area contributed by atoms with Crippen LogP contribution in [0.1, 0.15) is 131 Å². The highest BCUT2D eigenvalue weighted by molar-refractivity contribution is 5.71. The number of unbranched alkanes of at least 4 members (excludes halogenated alkanes) is 7. The van der Waals surface area contributed by atoms with E-state index in [1.165, 1.54) is 64.2 Å². The average Bonchev–Trinajstić information content (AvgIpc) is 2.88. The Kier molecular flexibility index (Phi) is 16.7. The van der Waals surface area contributed by atoms with Crippen LogP contribution < -0.4 is 0 Å². The second-order valence-electron chi connectivity index (χ2n) is 17.2. The Morgan fingerprint density at radius 1 is 0.568 bits per heavy atom. The van der Waals surface area contributed by atoms with Crippen LogP contribution in [-0.2, 0) is 19.1 Å². The number of quaternary nitrogens is 2. The predicted molar refractivity (Wildman–Crippen MR) is 183 cm³/mol. The number of carbonyl (C=O) groups is 2. The Hall–Kier alpha value is -1.14. The van der Waals surface area contributed by atoms with Crippen molar-refractivity contribution in [3.05, 3.63) is 0 Å². The Morgan fingerprint density at radius 2 is 0.886 bits per heavy atom. The van der Waals surface area contributed by atoms with E-state index in [0.29, 0.717) is 57.6 Å². The lowest BCUT2D eigenvalue weighted by Gasteiger charge is -2.37. The van der Waals surface area contributed by atoms with E-state index in [0.717, 1.165) is 38.8 Å². The molecular weight excluding hydrogens is 548 g/mol. The second-order valence-corrected chi connectivity index (χ2v) is 17.2. The van der Waals surface area contributed by atoms with Gasteiger partial charge in [-0.15, -0.1) is 0 Å². The van der Waals surface area contributed by atoms with E-state index in [9.17, 15) is 9.59 Å². The van der Waals surface area contributed by atoms with Crippen LogP contribution >= 0.6 is 0 Å². The molecule has 2 saturated carbocycles. The summed E-state index contributed by atoms with van der Waals surface area (Å²) in [5, 5.41) is 0. The molecule has 0 unspecified atom stereocenters. The molecule has 0 N–H and O–H groups in total. The summed E-state index contributed by atoms with van der Waals surface area (Å²) in [7, 11) is 8.68. The first-order chi connectivity index (χ1) is 20.6. The molecule has 0 amide bonds. The monoisotopic (exact) mass is 623 g/mol. The molecule has 6 atom stereocenters. The zero-order valence-electron chi connectivity index (χ0n) is 30.9. The quantitative estimate of drug-likeness (QED) is 0.0827. The van der Waals surface area contributed by atoms with Gasteiger partial charge in [-0.3, -0.25) is 0 Å². The average molecular weight is 623 g/mol. The van der Waals surface area contributed by atoms with Crippen molar-refractivity contribution in [1.29, 1.82) is 0 Å². The Balaban J connectivity index is 1.53. The van der Waals surface area contributed by atoms with E-state index in [1.807, 2.05) is 0 Å². The van der Waals surface area contributed by atoms with E-state index >= 15 is 0 Å². The number of hydrogen-bond acceptors (Lipinski definition) is 4. The van der Waals surface area contributed by atoms with Crippen LogP contribution in [-0.4, -0.2) is 87.5 Å². The summed E-state index contributed by atoms with van der Waals surface area (Å²) in [5.74, 6) is 3.42. The van der Waals surface area contributed by atoms with Crippen molar-refractivity contribution in [3.8, 4) is 0 Å². The lowest BCUT2D eigenvalue weighted by atomic mass is 9.75. The fourth-order valence-electron chi connectivity index (χ4n) is 7.91. The first-order valence-electron chi connectivity index (χ1n) is 18.6. The van der Waals surface area contributed by atoms with Crippen LogP contribution in [0.3, 0.4) is 0 Å². The molecule has 258 valence electrons. The number of esters is 2. The number of likely N-dealkylation sites (N-methyl/N-ethyl adjacent to an activating group) is 2. The van der Waals surface area contributed by atoms with Gasteiger partial charge in [-0.1, -0.05) is 80.1 Å². The first-order valence-corrected chi connectivity index (χ1v) is 18.6. The number of carbonyl (C=O) groups excluding carboxylic acids is 2. The Labute approximate surface area is 273 Å². The van der Waals surface area contributed by atoms with Gasteiger partial charge < -0.3 is 18.4 Å². The molecule has 0 aromatic carbocycles. The number of hydrogen-bond donors (Lipinski definition) is 0. The molecule has 6 nitrogen and oxygen atoms in total. The molecule has 2 fully saturated rings. The maximum absolute atomic E-state index is 12.8. The third-order valence-corrected chi connectivity index (χ3v) is 10.9. The molecule has 0 saturated heterocycles. The zero-order chi connectivity index (χ0) is 32.9. The molecule has 0 aromatic heterocycles. The van der Waals surface area contributed by atoms with E-state index in [2.05, 4.69) is 69.7 Å². The van der Waals surface area contributed by atoms with Crippen LogP contribution in [0.5, 0.6) is 0 Å². The van der Waals surface area contributed by atoms with Gasteiger partial charge in [-0.05, 0) is 86.9 Å². The van der Waals surface area contributed by atoms with Crippen molar-refractivity contribution in [3.63, 3.8) is 0 Å². The molecule has 0 spiro atoms. The van der Waals surface area contributed by atoms with Crippen molar-refractivity contribution in [2.24, 2.45) is 35.5 Å². The van der Waals surface area contributed by atoms with Crippen LogP contribution in [0, 0.1) is 35.5 Å². The molecule has 2 aliphatic carbocycles. The standard InChI is InChI=1S/C38H74N2O4/c1-29(2)33-21-19-31(5)25-35(33)43-37(41)27-39(7,8)23-17-15-13-11-12-14-16-18-24-40(9,10)28-38(42)44-36-26-32(6)20-22-34(36)30(3)4/h29-36H,11-28H2,1-10H3/q+2/t31-,32-,33+,34+,35-,36-/m1/s1. The van der Waals surface area contributed by atoms with E-state index < -0.39 is 0 Å². The van der Waals surface area contributed by atoms with Gasteiger partial charge in [0, 0.05) is 0 Å². The molecule has 44 heavy (non-hydrogen) atoms. The summed E-state index contributed by atoms with van der Waals surface area (Å²) < 4.78 is 13.6. The van der Waals surface area contributed by atoms with Gasteiger partial charge in [-0.2, -0.15) is 0 Å². The summed E-state index contributed by atoms with van der Waals surface area (Å²) >= 11 is 0. The van der Waals surface area contributed by atoms with E-state index in [1.54, 1.807) is 0 Å². The fraction of sp³-hybridized carbons (Fsp3) is 0.947. The van der Waals surface area contributed by atoms with Crippen molar-refractivity contribution < 1.29 is 28.0 Å². The lowest BCUT2D eigenvalue weighted by Crippen LogP contribution is -2.47. The summed E-state index contributed by atoms with van der Waals surface area (Å²) in [6, 6.07) is 0. The van der Waals surface area contributed by atoms with Gasteiger partial charge in [0.2, 0.25) is 0 Å². The zero-order valence-corrected chi connectivity index (χ0v) is 30.9. The van der Waals surface area contributed by atoms with Crippen LogP contribution in [0.4, 0.5) is 0 Å². The number of ether oxygens (including phenoxy) is 2. The lowest BCUT2D eigenvalue weighted by molar-refractivity contribution is -0.883. The third-order valence-electron chi connectivity index (χ3n) is 10.9. The second kappa shape index (κ2) is 18.9. The topological polar surface area (TPSA) is 52.6 Å². The number of rotatable bonds is 19. The third kappa shape index (κ3) is 15.0. The highest BCUT2D eigenvalue weighted by Crippen LogP contribution is 2.36. The predicted octanol–water partition coefficient (Wildman–Crippen LogP) is 8.27. The SMILES string of the molecule is CC(C)[C@@H]1CC[C@@H](C)C[C@H]1OC(=O)C[N+](C)(C)CCCCCCCCCC[N+](C)(C)CC(=O)O[C@@H]1C[C@H](C)CC[C@H]1C(C)C. The highest BCUT2D eigenvalue weighted by atomic mass is 16.5. The smallest absolute Gasteiger partial charge is 0.362 e. The van der Waals surface area contributed by atoms with Gasteiger partial charge >= 0.3 is 11.9 Å². The molecule has 6 heteroatoms. The molecule has 2 aliphatic rings. The van der Waals surface area contributed by atoms with Crippen molar-refractivity contribution >= 4 is 11.9 Å². The largest absolute Gasteiger partial charge is 0.458 e. The van der Waals surface area contributed by atoms with Gasteiger partial charge in [-0.25, -0.2) is 9.59 Å². The van der Waals surface area contributed by atoms with Gasteiger partial charge in [0.15, 0.2) is 13.1 Å². The fourth-order valence-corrected chi connectivity index (χ4v) is 7.91. The minimum atomic E-state index is -0.0166. The molecular formula is C38H74N2O4+2. The van der Waals surface area contributed by atoms with Gasteiger partial charge in [0.1, 0.15) is 12.2 Å². The molecule has 0 radical (unpaired) electrons. The summed E-state index contributed by atoms with van der Waals surface area (Å²) in [5.41, 5.74) is 0. The molecule has 0 aliphatic heterocycles. The van der Waals surface area contributed by atoms with E-state index in [-0.39, 0.29) is 24.1 Å². The first kappa shape index (κ1) is 39.0. The van der Waals surface area contributed by atoms with Crippen molar-refractivity contribution in [2.45, 2.75) is 144 Å². The minimum absolute atomic E-state index is 0.0166. The van der Waals surface area contributed by atoms with Gasteiger partial charge in [0.05, 0.1) is 41.3 Å². The number of nitrogens with zero attached hydrogens (tertiary/aromatic N) is 2. The molecule has 0 aromatic rings. The van der Waals surface area contributed by atoms with Crippen LogP contribution in [0.15, 0.2) is 0 Å². The summed E-state index contributed by atoms with van der Waals surface area (Å²) in [6.07, 6.45) is 17.0. The van der Waals surface area contributed by atoms with Crippen molar-refractivity contribution in [2.75, 3.05) is 54.4 Å². The normalized spacial score (nSPS) is 26.6. The van der Waals surface area contributed by atoms with E-state index in [4.69, 9.17) is 9.47 Å². The van der Waals surface area contributed by atoms with Crippen molar-refractivity contribution in [1.82, 2.24) is 0 Å². The highest BCUT2D eigenvalue weighted by Gasteiger charge is 2.36. The molecule has 0 heterocycles. The Morgan fingerprint density at radius 3 is 1.20 bits per heavy atom. The van der Waals surface area contributed by atoms with Crippen LogP contribution in [0.2, 0.25) is 0 Å². The summed E-state index contributed by atoms with van der Waals surface area (Å²) in [4.78, 5) is 25.7. The Bertz CT molecular complexity index is 771. The molecule has 0 bridgehead atoms. The van der Waals surface area contributed by atoms with Crippen LogP contribution in [0.25, 0.3) is 0 Å². The van der Waals surface area contributed by atoms with Gasteiger partial charge in [0.25, 0.3) is 0 Å². The maximum Gasteiger partial charge on any atom is 0.362 e.